The van der Waals surface area contributed by atoms with E-state index in [-0.39, 0.29) is 17.4 Å². The second-order valence-corrected chi connectivity index (χ2v) is 10.3. The second kappa shape index (κ2) is 9.49. The molecular weight excluding hydrogens is 406 g/mol. The van der Waals surface area contributed by atoms with Gasteiger partial charge in [-0.15, -0.1) is 11.3 Å². The SMILES string of the molecule is CC(C)Cn1cc(C(C)(C)C)s/c1=N\C(=NC#N)c1cc(C#N)ccc1OC1CCC1. The van der Waals surface area contributed by atoms with E-state index in [1.54, 1.807) is 29.5 Å². The fourth-order valence-electron chi connectivity index (χ4n) is 3.17. The van der Waals surface area contributed by atoms with Crippen molar-refractivity contribution in [1.29, 1.82) is 10.5 Å². The maximum Gasteiger partial charge on any atom is 0.207 e. The highest BCUT2D eigenvalue weighted by Crippen LogP contribution is 2.29. The molecule has 0 unspecified atom stereocenters. The fraction of sp³-hybridized carbons (Fsp3) is 0.500. The van der Waals surface area contributed by atoms with Gasteiger partial charge in [-0.1, -0.05) is 34.6 Å². The highest BCUT2D eigenvalue weighted by atomic mass is 32.1. The maximum atomic E-state index is 9.40. The van der Waals surface area contributed by atoms with E-state index in [0.717, 1.165) is 30.6 Å². The van der Waals surface area contributed by atoms with E-state index in [1.807, 2.05) is 6.19 Å². The van der Waals surface area contributed by atoms with Crippen LogP contribution in [0.3, 0.4) is 0 Å². The summed E-state index contributed by atoms with van der Waals surface area (Å²) in [5, 5.41) is 18.8. The molecule has 6 nitrogen and oxygen atoms in total. The van der Waals surface area contributed by atoms with E-state index in [1.165, 1.54) is 4.88 Å². The van der Waals surface area contributed by atoms with Gasteiger partial charge in [0.15, 0.2) is 10.6 Å². The highest BCUT2D eigenvalue weighted by Gasteiger charge is 2.23. The number of benzene rings is 1. The normalized spacial score (nSPS) is 15.5. The van der Waals surface area contributed by atoms with Gasteiger partial charge in [0.2, 0.25) is 6.19 Å². The summed E-state index contributed by atoms with van der Waals surface area (Å²) in [6, 6.07) is 7.38. The van der Waals surface area contributed by atoms with Crippen LogP contribution in [-0.4, -0.2) is 16.5 Å². The first-order valence-corrected chi connectivity index (χ1v) is 11.5. The molecule has 0 N–H and O–H groups in total. The van der Waals surface area contributed by atoms with Crippen LogP contribution in [0.25, 0.3) is 0 Å². The minimum Gasteiger partial charge on any atom is -0.490 e. The molecule has 31 heavy (non-hydrogen) atoms. The minimum absolute atomic E-state index is 0.0110. The van der Waals surface area contributed by atoms with Gasteiger partial charge in [-0.2, -0.15) is 20.5 Å². The lowest BCUT2D eigenvalue weighted by Crippen LogP contribution is -2.25. The molecule has 2 aromatic rings. The number of thiazole rings is 1. The molecule has 0 radical (unpaired) electrons. The van der Waals surface area contributed by atoms with Crippen molar-refractivity contribution in [1.82, 2.24) is 4.57 Å². The third-order valence-electron chi connectivity index (χ3n) is 5.07. The Morgan fingerprint density at radius 3 is 2.58 bits per heavy atom. The first-order chi connectivity index (χ1) is 14.7. The molecule has 7 heteroatoms. The molecule has 0 bridgehead atoms. The van der Waals surface area contributed by atoms with Crippen LogP contribution in [0.1, 0.15) is 69.9 Å². The Morgan fingerprint density at radius 1 is 1.29 bits per heavy atom. The largest absolute Gasteiger partial charge is 0.490 e. The Hall–Kier alpha value is -2.90. The monoisotopic (exact) mass is 435 g/mol. The van der Waals surface area contributed by atoms with Crippen LogP contribution in [0.15, 0.2) is 34.4 Å². The van der Waals surface area contributed by atoms with E-state index in [0.29, 0.717) is 22.8 Å². The molecule has 0 amide bonds. The Morgan fingerprint density at radius 2 is 2.03 bits per heavy atom. The Kier molecular flexibility index (Phi) is 6.97. The van der Waals surface area contributed by atoms with E-state index in [2.05, 4.69) is 56.4 Å². The zero-order valence-corrected chi connectivity index (χ0v) is 19.7. The number of rotatable bonds is 5. The Labute approximate surface area is 188 Å². The first-order valence-electron chi connectivity index (χ1n) is 10.6. The van der Waals surface area contributed by atoms with Crippen molar-refractivity contribution in [2.45, 2.75) is 71.9 Å². The minimum atomic E-state index is -0.0110. The van der Waals surface area contributed by atoms with Crippen molar-refractivity contribution in [2.24, 2.45) is 15.9 Å². The third-order valence-corrected chi connectivity index (χ3v) is 6.52. The number of aromatic nitrogens is 1. The standard InChI is InChI=1S/C24H29N5OS/c1-16(2)13-29-14-21(24(3,4)5)31-23(29)28-22(27-15-26)19-11-17(12-25)9-10-20(19)30-18-7-6-8-18/h9-11,14,16,18H,6-8,13H2,1-5H3/b27-22?,28-23-. The predicted octanol–water partition coefficient (Wildman–Crippen LogP) is 5.13. The van der Waals surface area contributed by atoms with Gasteiger partial charge in [0.1, 0.15) is 5.75 Å². The summed E-state index contributed by atoms with van der Waals surface area (Å²) >= 11 is 1.60. The molecule has 3 rings (SSSR count). The molecule has 0 spiro atoms. The number of nitrogens with zero attached hydrogens (tertiary/aromatic N) is 5. The number of amidine groups is 1. The van der Waals surface area contributed by atoms with Crippen LogP contribution in [0.5, 0.6) is 5.75 Å². The number of nitriles is 2. The van der Waals surface area contributed by atoms with Crippen LogP contribution in [0.2, 0.25) is 0 Å². The van der Waals surface area contributed by atoms with Gasteiger partial charge >= 0.3 is 0 Å². The maximum absolute atomic E-state index is 9.40. The second-order valence-electron chi connectivity index (χ2n) is 9.31. The Balaban J connectivity index is 2.15. The lowest BCUT2D eigenvalue weighted by Gasteiger charge is -2.27. The van der Waals surface area contributed by atoms with Crippen LogP contribution in [0, 0.1) is 28.7 Å². The zero-order chi connectivity index (χ0) is 22.6. The average molecular weight is 436 g/mol. The lowest BCUT2D eigenvalue weighted by atomic mass is 9.95. The van der Waals surface area contributed by atoms with Gasteiger partial charge < -0.3 is 9.30 Å². The predicted molar refractivity (Wildman–Crippen MR) is 123 cm³/mol. The number of aliphatic imine (C=N–C) groups is 1. The van der Waals surface area contributed by atoms with Gasteiger partial charge in [-0.05, 0) is 48.8 Å². The van der Waals surface area contributed by atoms with E-state index in [4.69, 9.17) is 9.73 Å². The first kappa shape index (κ1) is 22.8. The molecule has 0 aliphatic heterocycles. The summed E-state index contributed by atoms with van der Waals surface area (Å²) in [5.74, 6) is 1.33. The highest BCUT2D eigenvalue weighted by molar-refractivity contribution is 7.09. The molecule has 1 fully saturated rings. The zero-order valence-electron chi connectivity index (χ0n) is 18.8. The quantitative estimate of drug-likeness (QED) is 0.370. The Bertz CT molecular complexity index is 1110. The fourth-order valence-corrected chi connectivity index (χ4v) is 4.23. The summed E-state index contributed by atoms with van der Waals surface area (Å²) < 4.78 is 8.27. The molecule has 1 aromatic carbocycles. The summed E-state index contributed by atoms with van der Waals surface area (Å²) in [4.78, 5) is 10.8. The summed E-state index contributed by atoms with van der Waals surface area (Å²) in [5.41, 5.74) is 1.05. The number of ether oxygens (including phenoxy) is 1. The van der Waals surface area contributed by atoms with Gasteiger partial charge in [0.25, 0.3) is 0 Å². The number of hydrogen-bond acceptors (Lipinski definition) is 5. The van der Waals surface area contributed by atoms with Crippen LogP contribution in [0.4, 0.5) is 0 Å². The molecule has 1 heterocycles. The van der Waals surface area contributed by atoms with Gasteiger partial charge in [-0.25, -0.2) is 0 Å². The van der Waals surface area contributed by atoms with E-state index in [9.17, 15) is 10.5 Å². The van der Waals surface area contributed by atoms with E-state index < -0.39 is 0 Å². The van der Waals surface area contributed by atoms with Gasteiger partial charge in [0.05, 0.1) is 23.3 Å². The van der Waals surface area contributed by atoms with Crippen molar-refractivity contribution >= 4 is 17.2 Å². The van der Waals surface area contributed by atoms with E-state index >= 15 is 0 Å². The molecule has 162 valence electrons. The van der Waals surface area contributed by atoms with Crippen molar-refractivity contribution in [3.05, 3.63) is 45.2 Å². The molecule has 1 saturated carbocycles. The topological polar surface area (TPSA) is 86.5 Å². The molecule has 1 aliphatic carbocycles. The lowest BCUT2D eigenvalue weighted by molar-refractivity contribution is 0.120. The molecule has 0 saturated heterocycles. The van der Waals surface area contributed by atoms with Gasteiger partial charge in [0, 0.05) is 17.6 Å². The van der Waals surface area contributed by atoms with Crippen LogP contribution >= 0.6 is 11.3 Å². The molecule has 1 aromatic heterocycles. The smallest absolute Gasteiger partial charge is 0.207 e. The summed E-state index contributed by atoms with van der Waals surface area (Å²) in [6.07, 6.45) is 7.36. The van der Waals surface area contributed by atoms with Crippen molar-refractivity contribution in [3.63, 3.8) is 0 Å². The summed E-state index contributed by atoms with van der Waals surface area (Å²) in [7, 11) is 0. The van der Waals surface area contributed by atoms with Crippen molar-refractivity contribution < 1.29 is 4.74 Å². The number of hydrogen-bond donors (Lipinski definition) is 0. The third kappa shape index (κ3) is 5.62. The average Bonchev–Trinajstić information content (AvgIpc) is 3.06. The van der Waals surface area contributed by atoms with Gasteiger partial charge in [-0.3, -0.25) is 0 Å². The van der Waals surface area contributed by atoms with Crippen molar-refractivity contribution in [3.8, 4) is 18.0 Å². The molecular formula is C24H29N5OS. The summed E-state index contributed by atoms with van der Waals surface area (Å²) in [6.45, 7) is 11.7. The molecule has 1 aliphatic rings. The molecule has 0 atom stereocenters. The van der Waals surface area contributed by atoms with Crippen LogP contribution < -0.4 is 9.54 Å². The van der Waals surface area contributed by atoms with Crippen LogP contribution in [-0.2, 0) is 12.0 Å². The van der Waals surface area contributed by atoms with Crippen molar-refractivity contribution in [2.75, 3.05) is 0 Å².